The highest BCUT2D eigenvalue weighted by Crippen LogP contribution is 2.25. The normalized spacial score (nSPS) is 10.3. The molecule has 0 bridgehead atoms. The summed E-state index contributed by atoms with van der Waals surface area (Å²) in [6, 6.07) is 8.84. The molecule has 0 aliphatic carbocycles. The summed E-state index contributed by atoms with van der Waals surface area (Å²) in [5, 5.41) is 0.300. The molecule has 2 aromatic rings. The number of ether oxygens (including phenoxy) is 1. The maximum absolute atomic E-state index is 13.5. The van der Waals surface area contributed by atoms with Crippen LogP contribution in [0.3, 0.4) is 0 Å². The van der Waals surface area contributed by atoms with Crippen molar-refractivity contribution in [3.8, 4) is 0 Å². The van der Waals surface area contributed by atoms with Gasteiger partial charge in [-0.15, -0.1) is 0 Å². The fourth-order valence-corrected chi connectivity index (χ4v) is 2.01. The van der Waals surface area contributed by atoms with Gasteiger partial charge >= 0.3 is 5.97 Å². The van der Waals surface area contributed by atoms with E-state index in [0.29, 0.717) is 0 Å². The number of carbonyl (C=O) groups excluding carboxylic acids is 1. The lowest BCUT2D eigenvalue weighted by Gasteiger charge is -2.09. The number of carbonyl (C=O) groups is 1. The number of anilines is 1. The van der Waals surface area contributed by atoms with Gasteiger partial charge in [0.25, 0.3) is 0 Å². The second-order valence-corrected chi connectivity index (χ2v) is 4.77. The topological polar surface area (TPSA) is 52.3 Å². The van der Waals surface area contributed by atoms with Crippen LogP contribution in [0.4, 0.5) is 10.1 Å². The van der Waals surface area contributed by atoms with Crippen LogP contribution in [-0.4, -0.2) is 5.97 Å². The first-order valence-electron chi connectivity index (χ1n) is 5.64. The van der Waals surface area contributed by atoms with Gasteiger partial charge in [0.1, 0.15) is 12.4 Å². The molecule has 0 atom stereocenters. The predicted molar refractivity (Wildman–Crippen MR) is 76.4 cm³/mol. The van der Waals surface area contributed by atoms with Gasteiger partial charge in [-0.2, -0.15) is 0 Å². The van der Waals surface area contributed by atoms with E-state index in [9.17, 15) is 9.18 Å². The Morgan fingerprint density at radius 3 is 2.60 bits per heavy atom. The van der Waals surface area contributed by atoms with Crippen molar-refractivity contribution in [2.45, 2.75) is 6.61 Å². The third kappa shape index (κ3) is 3.03. The Hall–Kier alpha value is -1.78. The van der Waals surface area contributed by atoms with Crippen molar-refractivity contribution in [2.75, 3.05) is 5.73 Å². The molecule has 2 aromatic carbocycles. The van der Waals surface area contributed by atoms with Gasteiger partial charge in [0.2, 0.25) is 0 Å². The summed E-state index contributed by atoms with van der Waals surface area (Å²) >= 11 is 11.7. The highest BCUT2D eigenvalue weighted by Gasteiger charge is 2.15. The number of hydrogen-bond acceptors (Lipinski definition) is 3. The molecule has 0 aromatic heterocycles. The third-order valence-corrected chi connectivity index (χ3v) is 3.43. The van der Waals surface area contributed by atoms with E-state index in [1.165, 1.54) is 24.3 Å². The predicted octanol–water partition coefficient (Wildman–Crippen LogP) is 4.07. The monoisotopic (exact) mass is 313 g/mol. The molecule has 0 aliphatic rings. The molecule has 104 valence electrons. The van der Waals surface area contributed by atoms with E-state index < -0.39 is 11.8 Å². The van der Waals surface area contributed by atoms with E-state index in [-0.39, 0.29) is 33.5 Å². The van der Waals surface area contributed by atoms with Crippen LogP contribution >= 0.6 is 23.2 Å². The maximum Gasteiger partial charge on any atom is 0.340 e. The molecular formula is C14H10Cl2FNO2. The molecule has 2 N–H and O–H groups in total. The number of nitrogens with two attached hydrogens (primary N) is 1. The molecule has 0 radical (unpaired) electrons. The molecular weight excluding hydrogens is 304 g/mol. The lowest BCUT2D eigenvalue weighted by Crippen LogP contribution is -2.08. The van der Waals surface area contributed by atoms with Gasteiger partial charge in [-0.25, -0.2) is 9.18 Å². The van der Waals surface area contributed by atoms with Gasteiger partial charge in [0.05, 0.1) is 21.3 Å². The highest BCUT2D eigenvalue weighted by molar-refractivity contribution is 6.36. The second-order valence-electron chi connectivity index (χ2n) is 3.99. The first kappa shape index (κ1) is 14.6. The average molecular weight is 314 g/mol. The van der Waals surface area contributed by atoms with Crippen molar-refractivity contribution in [2.24, 2.45) is 0 Å². The van der Waals surface area contributed by atoms with Crippen molar-refractivity contribution in [3.05, 3.63) is 63.4 Å². The van der Waals surface area contributed by atoms with Gasteiger partial charge in [-0.3, -0.25) is 0 Å². The standard InChI is InChI=1S/C14H10Cl2FNO2/c15-10-4-2-5-11(17)9(10)7-20-14(19)8-3-1-6-12(18)13(8)16/h1-6H,7,18H2. The number of benzene rings is 2. The molecule has 0 amide bonds. The molecule has 0 heterocycles. The molecule has 0 unspecified atom stereocenters. The third-order valence-electron chi connectivity index (χ3n) is 2.66. The molecule has 3 nitrogen and oxygen atoms in total. The zero-order chi connectivity index (χ0) is 14.7. The van der Waals surface area contributed by atoms with Crippen LogP contribution in [-0.2, 0) is 11.3 Å². The Balaban J connectivity index is 2.15. The summed E-state index contributed by atoms with van der Waals surface area (Å²) in [5.74, 6) is -1.23. The molecule has 6 heteroatoms. The Morgan fingerprint density at radius 1 is 1.20 bits per heavy atom. The summed E-state index contributed by atoms with van der Waals surface area (Å²) in [5.41, 5.74) is 6.10. The molecule has 20 heavy (non-hydrogen) atoms. The van der Waals surface area contributed by atoms with E-state index in [0.717, 1.165) is 0 Å². The van der Waals surface area contributed by atoms with Crippen molar-refractivity contribution < 1.29 is 13.9 Å². The lowest BCUT2D eigenvalue weighted by molar-refractivity contribution is 0.0469. The second kappa shape index (κ2) is 6.11. The van der Waals surface area contributed by atoms with Gasteiger partial charge in [-0.1, -0.05) is 35.3 Å². The van der Waals surface area contributed by atoms with Crippen LogP contribution in [0.1, 0.15) is 15.9 Å². The maximum atomic E-state index is 13.5. The fraction of sp³-hybridized carbons (Fsp3) is 0.0714. The van der Waals surface area contributed by atoms with Gasteiger partial charge in [0.15, 0.2) is 0 Å². The van der Waals surface area contributed by atoms with E-state index in [2.05, 4.69) is 0 Å². The van der Waals surface area contributed by atoms with Crippen molar-refractivity contribution in [1.29, 1.82) is 0 Å². The highest BCUT2D eigenvalue weighted by atomic mass is 35.5. The minimum Gasteiger partial charge on any atom is -0.457 e. The smallest absolute Gasteiger partial charge is 0.340 e. The first-order valence-corrected chi connectivity index (χ1v) is 6.40. The molecule has 0 saturated carbocycles. The van der Waals surface area contributed by atoms with Crippen LogP contribution in [0.5, 0.6) is 0 Å². The zero-order valence-corrected chi connectivity index (χ0v) is 11.7. The Morgan fingerprint density at radius 2 is 1.90 bits per heavy atom. The summed E-state index contributed by atoms with van der Waals surface area (Å²) in [6.45, 7) is -0.282. The zero-order valence-electron chi connectivity index (χ0n) is 10.2. The van der Waals surface area contributed by atoms with Crippen LogP contribution in [0.2, 0.25) is 10.0 Å². The van der Waals surface area contributed by atoms with E-state index in [1.807, 2.05) is 0 Å². The molecule has 0 aliphatic heterocycles. The van der Waals surface area contributed by atoms with E-state index in [4.69, 9.17) is 33.7 Å². The van der Waals surface area contributed by atoms with E-state index in [1.54, 1.807) is 12.1 Å². The molecule has 0 saturated heterocycles. The van der Waals surface area contributed by atoms with Crippen molar-refractivity contribution >= 4 is 34.9 Å². The number of rotatable bonds is 3. The van der Waals surface area contributed by atoms with Crippen molar-refractivity contribution in [1.82, 2.24) is 0 Å². The van der Waals surface area contributed by atoms with Gasteiger partial charge in [-0.05, 0) is 24.3 Å². The summed E-state index contributed by atoms with van der Waals surface area (Å²) in [6.07, 6.45) is 0. The number of esters is 1. The van der Waals surface area contributed by atoms with Crippen LogP contribution in [0.15, 0.2) is 36.4 Å². The summed E-state index contributed by atoms with van der Waals surface area (Å²) in [4.78, 5) is 11.9. The summed E-state index contributed by atoms with van der Waals surface area (Å²) < 4.78 is 18.5. The van der Waals surface area contributed by atoms with Crippen LogP contribution < -0.4 is 5.73 Å². The number of halogens is 3. The Bertz CT molecular complexity index is 641. The fourth-order valence-electron chi connectivity index (χ4n) is 1.59. The largest absolute Gasteiger partial charge is 0.457 e. The minimum atomic E-state index is -0.693. The summed E-state index contributed by atoms with van der Waals surface area (Å²) in [7, 11) is 0. The molecule has 0 fully saturated rings. The van der Waals surface area contributed by atoms with Crippen LogP contribution in [0.25, 0.3) is 0 Å². The molecule has 2 rings (SSSR count). The Labute approximate surface area is 125 Å². The van der Waals surface area contributed by atoms with Crippen molar-refractivity contribution in [3.63, 3.8) is 0 Å². The quantitative estimate of drug-likeness (QED) is 0.686. The minimum absolute atomic E-state index is 0.108. The van der Waals surface area contributed by atoms with E-state index >= 15 is 0 Å². The first-order chi connectivity index (χ1) is 9.50. The average Bonchev–Trinajstić information content (AvgIpc) is 2.41. The van der Waals surface area contributed by atoms with Gasteiger partial charge in [0, 0.05) is 5.56 Å². The lowest BCUT2D eigenvalue weighted by atomic mass is 10.2. The number of nitrogen functional groups attached to an aromatic ring is 1. The SMILES string of the molecule is Nc1cccc(C(=O)OCc2c(F)cccc2Cl)c1Cl. The number of hydrogen-bond donors (Lipinski definition) is 1. The molecule has 0 spiro atoms. The van der Waals surface area contributed by atoms with Gasteiger partial charge < -0.3 is 10.5 Å². The Kier molecular flexibility index (Phi) is 4.47. The van der Waals surface area contributed by atoms with Crippen LogP contribution in [0, 0.1) is 5.82 Å².